The molecule has 138 valence electrons. The quantitative estimate of drug-likeness (QED) is 0.466. The van der Waals surface area contributed by atoms with Crippen molar-refractivity contribution < 1.29 is 4.57 Å². The maximum Gasteiger partial charge on any atom is 0.171 e. The summed E-state index contributed by atoms with van der Waals surface area (Å²) in [4.78, 5) is 0. The lowest BCUT2D eigenvalue weighted by Crippen LogP contribution is -2.16. The predicted molar refractivity (Wildman–Crippen MR) is 122 cm³/mol. The van der Waals surface area contributed by atoms with Crippen LogP contribution in [0.2, 0.25) is 0 Å². The average molecular weight is 382 g/mol. The molecule has 0 radical (unpaired) electrons. The summed E-state index contributed by atoms with van der Waals surface area (Å²) in [6.45, 7) is 4.30. The van der Waals surface area contributed by atoms with Gasteiger partial charge in [0.15, 0.2) is 7.14 Å². The van der Waals surface area contributed by atoms with Crippen LogP contribution in [0.1, 0.15) is 24.0 Å². The number of hydrogen-bond donors (Lipinski definition) is 0. The maximum absolute atomic E-state index is 14.4. The highest BCUT2D eigenvalue weighted by molar-refractivity contribution is 7.87. The topological polar surface area (TPSA) is 17.1 Å². The van der Waals surface area contributed by atoms with Gasteiger partial charge in [0.1, 0.15) is 0 Å². The van der Waals surface area contributed by atoms with Gasteiger partial charge in [0, 0.05) is 15.9 Å². The zero-order valence-corrected chi connectivity index (χ0v) is 16.7. The van der Waals surface area contributed by atoms with Gasteiger partial charge in [-0.3, -0.25) is 0 Å². The van der Waals surface area contributed by atoms with Gasteiger partial charge in [0.05, 0.1) is 0 Å². The molecule has 0 saturated heterocycles. The van der Waals surface area contributed by atoms with E-state index in [0.717, 1.165) is 29.0 Å². The molecule has 0 amide bonds. The fourth-order valence-electron chi connectivity index (χ4n) is 3.60. The Morgan fingerprint density at radius 1 is 0.750 bits per heavy atom. The lowest BCUT2D eigenvalue weighted by atomic mass is 9.99. The zero-order chi connectivity index (χ0) is 19.4. The first kappa shape index (κ1) is 18.5. The molecule has 0 saturated carbocycles. The largest absolute Gasteiger partial charge is 0.309 e. The minimum atomic E-state index is -3.01. The van der Waals surface area contributed by atoms with Crippen LogP contribution < -0.4 is 10.6 Å². The van der Waals surface area contributed by atoms with Crippen LogP contribution in [0.25, 0.3) is 10.9 Å². The molecule has 0 heterocycles. The molecule has 1 aliphatic rings. The second-order valence-corrected chi connectivity index (χ2v) is 9.73. The summed E-state index contributed by atoms with van der Waals surface area (Å²) in [6.07, 6.45) is 8.84. The molecule has 0 unspecified atom stereocenters. The Morgan fingerprint density at radius 3 is 1.82 bits per heavy atom. The average Bonchev–Trinajstić information content (AvgIpc) is 2.80. The van der Waals surface area contributed by atoms with Crippen LogP contribution >= 0.6 is 7.14 Å². The Morgan fingerprint density at radius 2 is 1.32 bits per heavy atom. The number of allylic oxidation sites excluding steroid dienone is 4. The number of benzene rings is 3. The molecule has 0 fully saturated rings. The molecule has 0 atom stereocenters. The fraction of sp³-hybridized carbons (Fsp3) is 0.0769. The molecule has 1 aliphatic carbocycles. The Hall–Kier alpha value is -2.89. The molecular weight excluding hydrogens is 359 g/mol. The van der Waals surface area contributed by atoms with Gasteiger partial charge in [0.2, 0.25) is 0 Å². The molecule has 3 aromatic rings. The fourth-order valence-corrected chi connectivity index (χ4v) is 6.22. The number of rotatable bonds is 5. The summed E-state index contributed by atoms with van der Waals surface area (Å²) in [7, 11) is -3.01. The van der Waals surface area contributed by atoms with Crippen molar-refractivity contribution in [1.29, 1.82) is 0 Å². The Bertz CT molecular complexity index is 1030. The van der Waals surface area contributed by atoms with Crippen LogP contribution in [-0.2, 0) is 4.57 Å². The van der Waals surface area contributed by atoms with Crippen LogP contribution in [0.15, 0.2) is 110 Å². The molecule has 28 heavy (non-hydrogen) atoms. The normalized spacial score (nSPS) is 13.8. The van der Waals surface area contributed by atoms with E-state index in [1.54, 1.807) is 0 Å². The first-order chi connectivity index (χ1) is 13.7. The third-order valence-corrected chi connectivity index (χ3v) is 8.24. The van der Waals surface area contributed by atoms with Crippen LogP contribution in [0.4, 0.5) is 0 Å². The van der Waals surface area contributed by atoms with Gasteiger partial charge in [-0.25, -0.2) is 0 Å². The van der Waals surface area contributed by atoms with Gasteiger partial charge in [-0.05, 0) is 29.5 Å². The Balaban J connectivity index is 1.75. The molecule has 0 N–H and O–H groups in total. The van der Waals surface area contributed by atoms with Crippen molar-refractivity contribution in [1.82, 2.24) is 0 Å². The highest BCUT2D eigenvalue weighted by Crippen LogP contribution is 2.55. The van der Waals surface area contributed by atoms with Crippen LogP contribution in [0.5, 0.6) is 0 Å². The summed E-state index contributed by atoms with van der Waals surface area (Å²) < 4.78 is 14.4. The number of hydrogen-bond acceptors (Lipinski definition) is 1. The SMILES string of the molecule is C=C(c1ccc(C2=CCCC=C2)cc1)P(=O)(c1ccccc1)c1ccccc1. The van der Waals surface area contributed by atoms with E-state index in [-0.39, 0.29) is 0 Å². The first-order valence-corrected chi connectivity index (χ1v) is 11.3. The summed E-state index contributed by atoms with van der Waals surface area (Å²) in [6, 6.07) is 27.7. The van der Waals surface area contributed by atoms with Crippen molar-refractivity contribution in [2.45, 2.75) is 12.8 Å². The summed E-state index contributed by atoms with van der Waals surface area (Å²) in [5, 5.41) is 2.30. The van der Waals surface area contributed by atoms with E-state index in [1.807, 2.05) is 72.8 Å². The molecule has 1 nitrogen and oxygen atoms in total. The molecule has 4 rings (SSSR count). The Kier molecular flexibility index (Phi) is 5.28. The summed E-state index contributed by atoms with van der Waals surface area (Å²) >= 11 is 0. The summed E-state index contributed by atoms with van der Waals surface area (Å²) in [5.74, 6) is 0. The standard InChI is InChI=1S/C26H23OP/c1-21(22-17-19-24(20-18-22)23-11-5-2-6-12-23)28(27,25-13-7-3-8-14-25)26-15-9-4-10-16-26/h3-5,7-20H,1-2,6H2. The molecule has 0 aromatic heterocycles. The van der Waals surface area contributed by atoms with Gasteiger partial charge < -0.3 is 4.57 Å². The van der Waals surface area contributed by atoms with E-state index in [1.165, 1.54) is 11.1 Å². The van der Waals surface area contributed by atoms with Crippen LogP contribution in [0, 0.1) is 0 Å². The lowest BCUT2D eigenvalue weighted by molar-refractivity contribution is 0.593. The van der Waals surface area contributed by atoms with E-state index in [2.05, 4.69) is 36.9 Å². The predicted octanol–water partition coefficient (Wildman–Crippen LogP) is 6.40. The van der Waals surface area contributed by atoms with E-state index in [4.69, 9.17) is 0 Å². The molecule has 0 spiro atoms. The van der Waals surface area contributed by atoms with E-state index in [9.17, 15) is 4.57 Å². The van der Waals surface area contributed by atoms with Crippen molar-refractivity contribution in [3.05, 3.63) is 121 Å². The van der Waals surface area contributed by atoms with Crippen molar-refractivity contribution in [3.63, 3.8) is 0 Å². The lowest BCUT2D eigenvalue weighted by Gasteiger charge is -2.22. The van der Waals surface area contributed by atoms with Crippen LogP contribution in [-0.4, -0.2) is 0 Å². The highest BCUT2D eigenvalue weighted by atomic mass is 31.2. The summed E-state index contributed by atoms with van der Waals surface area (Å²) in [5.41, 5.74) is 3.35. The maximum atomic E-state index is 14.4. The Labute approximate surface area is 167 Å². The monoisotopic (exact) mass is 382 g/mol. The molecular formula is C26H23OP. The van der Waals surface area contributed by atoms with Gasteiger partial charge >= 0.3 is 0 Å². The molecule has 0 bridgehead atoms. The smallest absolute Gasteiger partial charge is 0.171 e. The first-order valence-electron chi connectivity index (χ1n) is 9.58. The minimum Gasteiger partial charge on any atom is -0.309 e. The van der Waals surface area contributed by atoms with Gasteiger partial charge in [-0.2, -0.15) is 0 Å². The van der Waals surface area contributed by atoms with Gasteiger partial charge in [-0.15, -0.1) is 0 Å². The van der Waals surface area contributed by atoms with E-state index >= 15 is 0 Å². The van der Waals surface area contributed by atoms with Crippen LogP contribution in [0.3, 0.4) is 0 Å². The second kappa shape index (κ2) is 8.00. The van der Waals surface area contributed by atoms with Crippen molar-refractivity contribution in [2.24, 2.45) is 0 Å². The second-order valence-electron chi connectivity index (χ2n) is 6.94. The molecule has 2 heteroatoms. The van der Waals surface area contributed by atoms with Gasteiger partial charge in [0.25, 0.3) is 0 Å². The minimum absolute atomic E-state index is 0.671. The van der Waals surface area contributed by atoms with Crippen molar-refractivity contribution in [3.8, 4) is 0 Å². The third kappa shape index (κ3) is 3.46. The van der Waals surface area contributed by atoms with Gasteiger partial charge in [-0.1, -0.05) is 110 Å². The third-order valence-electron chi connectivity index (χ3n) is 5.17. The molecule has 3 aromatic carbocycles. The zero-order valence-electron chi connectivity index (χ0n) is 15.8. The highest BCUT2D eigenvalue weighted by Gasteiger charge is 2.31. The molecule has 0 aliphatic heterocycles. The van der Waals surface area contributed by atoms with Crippen molar-refractivity contribution in [2.75, 3.05) is 0 Å². The van der Waals surface area contributed by atoms with E-state index < -0.39 is 7.14 Å². The van der Waals surface area contributed by atoms with E-state index in [0.29, 0.717) is 5.31 Å². The van der Waals surface area contributed by atoms with Crippen molar-refractivity contribution >= 4 is 28.6 Å².